The van der Waals surface area contributed by atoms with E-state index in [1.54, 1.807) is 14.2 Å². The third-order valence-corrected chi connectivity index (χ3v) is 14.8. The van der Waals surface area contributed by atoms with Crippen LogP contribution in [0.2, 0.25) is 26.2 Å². The molecular weight excluding hydrogens is 296 g/mol. The van der Waals surface area contributed by atoms with Gasteiger partial charge >= 0.3 is 0 Å². The zero-order valence-corrected chi connectivity index (χ0v) is 16.7. The van der Waals surface area contributed by atoms with Gasteiger partial charge in [-0.15, -0.1) is 0 Å². The second-order valence-corrected chi connectivity index (χ2v) is 15.6. The molecule has 0 aromatic carbocycles. The summed E-state index contributed by atoms with van der Waals surface area (Å²) in [6, 6.07) is 0. The van der Waals surface area contributed by atoms with Gasteiger partial charge in [0.1, 0.15) is 0 Å². The van der Waals surface area contributed by atoms with Crippen LogP contribution in [-0.4, -0.2) is 54.8 Å². The second-order valence-electron chi connectivity index (χ2n) is 5.32. The van der Waals surface area contributed by atoms with Crippen molar-refractivity contribution < 1.29 is 9.47 Å². The van der Waals surface area contributed by atoms with E-state index in [1.165, 1.54) is 12.8 Å². The monoisotopic (exact) mass is 326 g/mol. The fourth-order valence-corrected chi connectivity index (χ4v) is 12.2. The lowest BCUT2D eigenvalue weighted by Gasteiger charge is -2.23. The molecule has 2 unspecified atom stereocenters. The molecule has 0 aliphatic rings. The van der Waals surface area contributed by atoms with E-state index in [4.69, 9.17) is 9.47 Å². The molecule has 0 aromatic rings. The minimum atomic E-state index is -0.588. The van der Waals surface area contributed by atoms with Crippen LogP contribution in [0.25, 0.3) is 0 Å². The average molecular weight is 327 g/mol. The van der Waals surface area contributed by atoms with E-state index in [1.807, 2.05) is 0 Å². The molecule has 0 aromatic heterocycles. The number of rotatable bonds is 11. The summed E-state index contributed by atoms with van der Waals surface area (Å²) < 4.78 is 10.5. The molecule has 6 heteroatoms. The molecule has 0 radical (unpaired) electrons. The van der Waals surface area contributed by atoms with Gasteiger partial charge in [-0.2, -0.15) is 0 Å². The lowest BCUT2D eigenvalue weighted by Crippen LogP contribution is -2.25. The Morgan fingerprint density at radius 1 is 0.778 bits per heavy atom. The van der Waals surface area contributed by atoms with Crippen molar-refractivity contribution in [1.29, 1.82) is 0 Å². The van der Waals surface area contributed by atoms with Crippen LogP contribution >= 0.6 is 21.6 Å². The maximum atomic E-state index is 5.23. The van der Waals surface area contributed by atoms with E-state index in [0.717, 1.165) is 23.0 Å². The van der Waals surface area contributed by atoms with Crippen molar-refractivity contribution >= 4 is 39.2 Å². The van der Waals surface area contributed by atoms with Crippen molar-refractivity contribution in [1.82, 2.24) is 0 Å². The van der Waals surface area contributed by atoms with Crippen LogP contribution in [-0.2, 0) is 9.47 Å². The highest BCUT2D eigenvalue weighted by Gasteiger charge is 2.20. The quantitative estimate of drug-likeness (QED) is 0.428. The van der Waals surface area contributed by atoms with Gasteiger partial charge in [0.15, 0.2) is 0 Å². The van der Waals surface area contributed by atoms with E-state index in [2.05, 4.69) is 47.8 Å². The van der Waals surface area contributed by atoms with Crippen molar-refractivity contribution in [2.24, 2.45) is 0 Å². The molecule has 0 fully saturated rings. The molecule has 0 saturated carbocycles. The van der Waals surface area contributed by atoms with Crippen LogP contribution in [0.4, 0.5) is 0 Å². The molecule has 0 aliphatic carbocycles. The summed E-state index contributed by atoms with van der Waals surface area (Å²) in [5, 5.41) is 0. The predicted molar refractivity (Wildman–Crippen MR) is 93.5 cm³/mol. The smallest absolute Gasteiger partial charge is 0.0470 e. The highest BCUT2D eigenvalue weighted by atomic mass is 33.1. The predicted octanol–water partition coefficient (Wildman–Crippen LogP) is 3.23. The van der Waals surface area contributed by atoms with Gasteiger partial charge < -0.3 is 9.47 Å². The van der Waals surface area contributed by atoms with Crippen molar-refractivity contribution in [2.45, 2.75) is 48.8 Å². The molecule has 110 valence electrons. The Bertz CT molecular complexity index is 175. The number of ether oxygens (including phenoxy) is 2. The molecule has 0 rings (SSSR count). The minimum Gasteiger partial charge on any atom is -0.385 e. The third-order valence-electron chi connectivity index (χ3n) is 3.00. The molecule has 0 spiro atoms. The Hall–Kier alpha value is 1.05. The summed E-state index contributed by atoms with van der Waals surface area (Å²) in [5.74, 6) is 0. The van der Waals surface area contributed by atoms with Gasteiger partial charge in [-0.1, -0.05) is 47.8 Å². The summed E-state index contributed by atoms with van der Waals surface area (Å²) in [4.78, 5) is 1.68. The average Bonchev–Trinajstić information content (AvgIpc) is 2.31. The molecule has 2 atom stereocenters. The van der Waals surface area contributed by atoms with E-state index >= 15 is 0 Å². The van der Waals surface area contributed by atoms with Crippen LogP contribution in [0.5, 0.6) is 0 Å². The van der Waals surface area contributed by atoms with Crippen molar-refractivity contribution in [3.05, 3.63) is 0 Å². The summed E-state index contributed by atoms with van der Waals surface area (Å²) >= 11 is 0. The first-order valence-electron chi connectivity index (χ1n) is 6.82. The van der Waals surface area contributed by atoms with Gasteiger partial charge in [-0.3, -0.25) is 0 Å². The first-order valence-corrected chi connectivity index (χ1v) is 15.1. The topological polar surface area (TPSA) is 18.5 Å². The number of methoxy groups -OCH3 is 2. The van der Waals surface area contributed by atoms with Gasteiger partial charge in [0.05, 0.1) is 0 Å². The largest absolute Gasteiger partial charge is 0.385 e. The van der Waals surface area contributed by atoms with E-state index in [-0.39, 0.29) is 0 Å². The molecule has 0 saturated heterocycles. The van der Waals surface area contributed by atoms with Gasteiger partial charge in [0, 0.05) is 54.8 Å². The number of hydrogen-bond acceptors (Lipinski definition) is 4. The van der Waals surface area contributed by atoms with Crippen LogP contribution in [0.1, 0.15) is 12.8 Å². The normalized spacial score (nSPS) is 15.3. The van der Waals surface area contributed by atoms with Crippen LogP contribution < -0.4 is 0 Å². The second kappa shape index (κ2) is 11.8. The van der Waals surface area contributed by atoms with Crippen LogP contribution in [0.3, 0.4) is 0 Å². The summed E-state index contributed by atoms with van der Waals surface area (Å²) in [7, 11) is 6.70. The Morgan fingerprint density at radius 2 is 1.11 bits per heavy atom. The zero-order valence-electron chi connectivity index (χ0n) is 12.8. The fourth-order valence-electron chi connectivity index (χ4n) is 1.60. The summed E-state index contributed by atoms with van der Waals surface area (Å²) in [6.45, 7) is 11.6. The molecular formula is C12H30O2S2Si2. The zero-order chi connectivity index (χ0) is 14.0. The van der Waals surface area contributed by atoms with Crippen molar-refractivity contribution in [2.75, 3.05) is 27.4 Å². The molecule has 2 nitrogen and oxygen atoms in total. The fraction of sp³-hybridized carbons (Fsp3) is 1.00. The van der Waals surface area contributed by atoms with Gasteiger partial charge in [0.25, 0.3) is 0 Å². The highest BCUT2D eigenvalue weighted by molar-refractivity contribution is 8.77. The Labute approximate surface area is 125 Å². The van der Waals surface area contributed by atoms with Gasteiger partial charge in [0.2, 0.25) is 0 Å². The highest BCUT2D eigenvalue weighted by Crippen LogP contribution is 2.36. The SMILES string of the molecule is COCCC(SSC(CCOC)[SiH](C)C)[SiH](C)C. The Morgan fingerprint density at radius 3 is 1.33 bits per heavy atom. The third kappa shape index (κ3) is 9.04. The van der Waals surface area contributed by atoms with E-state index < -0.39 is 17.6 Å². The lowest BCUT2D eigenvalue weighted by molar-refractivity contribution is 0.198. The maximum absolute atomic E-state index is 5.23. The molecule has 0 amide bonds. The molecule has 0 heterocycles. The van der Waals surface area contributed by atoms with Crippen molar-refractivity contribution in [3.8, 4) is 0 Å². The molecule has 0 N–H and O–H groups in total. The Kier molecular flexibility index (Phi) is 12.5. The van der Waals surface area contributed by atoms with Crippen LogP contribution in [0.15, 0.2) is 0 Å². The van der Waals surface area contributed by atoms with Crippen molar-refractivity contribution in [3.63, 3.8) is 0 Å². The first-order chi connectivity index (χ1) is 8.52. The summed E-state index contributed by atoms with van der Waals surface area (Å²) in [5.41, 5.74) is 0. The standard InChI is InChI=1S/C12H30O2S2Si2/c1-13-9-7-11(17(3)4)15-16-12(18(5)6)8-10-14-2/h11-12,17-18H,7-10H2,1-6H3. The van der Waals surface area contributed by atoms with E-state index in [0.29, 0.717) is 0 Å². The van der Waals surface area contributed by atoms with Gasteiger partial charge in [-0.05, 0) is 12.8 Å². The summed E-state index contributed by atoms with van der Waals surface area (Å²) in [6.07, 6.45) is 2.43. The van der Waals surface area contributed by atoms with E-state index in [9.17, 15) is 0 Å². The number of hydrogen-bond donors (Lipinski definition) is 0. The minimum absolute atomic E-state index is 0.588. The lowest BCUT2D eigenvalue weighted by atomic mass is 10.5. The maximum Gasteiger partial charge on any atom is 0.0470 e. The Balaban J connectivity index is 4.10. The van der Waals surface area contributed by atoms with Crippen LogP contribution in [0, 0.1) is 0 Å². The first kappa shape index (κ1) is 19.1. The van der Waals surface area contributed by atoms with Gasteiger partial charge in [-0.25, -0.2) is 0 Å². The molecule has 18 heavy (non-hydrogen) atoms. The molecule has 0 aliphatic heterocycles. The molecule has 0 bridgehead atoms.